The Morgan fingerprint density at radius 1 is 0.812 bits per heavy atom. The molecule has 4 aromatic rings. The molecular formula is C24H21N5O2S. The van der Waals surface area contributed by atoms with Crippen molar-refractivity contribution in [2.24, 2.45) is 10.1 Å². The van der Waals surface area contributed by atoms with Gasteiger partial charge >= 0.3 is 0 Å². The van der Waals surface area contributed by atoms with Crippen LogP contribution >= 0.6 is 12.2 Å². The van der Waals surface area contributed by atoms with E-state index >= 15 is 0 Å². The van der Waals surface area contributed by atoms with E-state index in [1.54, 1.807) is 25.1 Å². The van der Waals surface area contributed by atoms with E-state index in [0.29, 0.717) is 10.6 Å². The molecule has 0 fully saturated rings. The van der Waals surface area contributed by atoms with E-state index in [4.69, 9.17) is 21.7 Å². The van der Waals surface area contributed by atoms with Crippen molar-refractivity contribution >= 4 is 30.3 Å². The van der Waals surface area contributed by atoms with Gasteiger partial charge in [0.2, 0.25) is 4.77 Å². The van der Waals surface area contributed by atoms with Crippen molar-refractivity contribution in [1.29, 1.82) is 0 Å². The van der Waals surface area contributed by atoms with Gasteiger partial charge in [-0.25, -0.2) is 5.10 Å². The lowest BCUT2D eigenvalue weighted by Gasteiger charge is -2.02. The fourth-order valence-corrected chi connectivity index (χ4v) is 3.11. The van der Waals surface area contributed by atoms with E-state index < -0.39 is 0 Å². The highest BCUT2D eigenvalue weighted by Gasteiger charge is 2.08. The smallest absolute Gasteiger partial charge is 0.216 e. The summed E-state index contributed by atoms with van der Waals surface area (Å²) in [6.07, 6.45) is 3.53. The van der Waals surface area contributed by atoms with Gasteiger partial charge in [0.1, 0.15) is 11.5 Å². The SMILES string of the molecule is COc1ccc(C=Nc2ccc(-c3n[nH]c(=S)n3/N=C/c3ccc(OC)cc3)cc2)cc1. The van der Waals surface area contributed by atoms with Crippen molar-refractivity contribution in [3.63, 3.8) is 0 Å². The summed E-state index contributed by atoms with van der Waals surface area (Å²) in [6.45, 7) is 0. The first-order valence-electron chi connectivity index (χ1n) is 9.80. The second-order valence-electron chi connectivity index (χ2n) is 6.76. The summed E-state index contributed by atoms with van der Waals surface area (Å²) in [5, 5.41) is 11.6. The maximum atomic E-state index is 5.35. The summed E-state index contributed by atoms with van der Waals surface area (Å²) in [6, 6.07) is 23.0. The molecule has 0 atom stereocenters. The Morgan fingerprint density at radius 2 is 1.38 bits per heavy atom. The molecule has 0 bridgehead atoms. The maximum Gasteiger partial charge on any atom is 0.216 e. The Hall–Kier alpha value is -4.04. The summed E-state index contributed by atoms with van der Waals surface area (Å²) < 4.78 is 12.4. The molecule has 0 radical (unpaired) electrons. The molecule has 1 aromatic heterocycles. The molecule has 1 heterocycles. The van der Waals surface area contributed by atoms with Gasteiger partial charge in [-0.3, -0.25) is 4.99 Å². The summed E-state index contributed by atoms with van der Waals surface area (Å²) in [7, 11) is 3.28. The van der Waals surface area contributed by atoms with Gasteiger partial charge in [-0.2, -0.15) is 14.9 Å². The van der Waals surface area contributed by atoms with Crippen LogP contribution in [0.4, 0.5) is 5.69 Å². The fourth-order valence-electron chi connectivity index (χ4n) is 2.94. The third kappa shape index (κ3) is 4.98. The van der Waals surface area contributed by atoms with E-state index in [2.05, 4.69) is 20.3 Å². The fraction of sp³-hybridized carbons (Fsp3) is 0.0833. The lowest BCUT2D eigenvalue weighted by molar-refractivity contribution is 0.414. The third-order valence-corrected chi connectivity index (χ3v) is 4.96. The van der Waals surface area contributed by atoms with E-state index in [1.807, 2.05) is 79.0 Å². The Labute approximate surface area is 190 Å². The summed E-state index contributed by atoms with van der Waals surface area (Å²) in [4.78, 5) is 4.52. The van der Waals surface area contributed by atoms with Gasteiger partial charge in [0.05, 0.1) is 26.1 Å². The lowest BCUT2D eigenvalue weighted by Crippen LogP contribution is -1.95. The number of ether oxygens (including phenoxy) is 2. The Kier molecular flexibility index (Phi) is 6.52. The van der Waals surface area contributed by atoms with Crippen LogP contribution < -0.4 is 9.47 Å². The topological polar surface area (TPSA) is 76.8 Å². The first kappa shape index (κ1) is 21.2. The Morgan fingerprint density at radius 3 is 1.94 bits per heavy atom. The van der Waals surface area contributed by atoms with Gasteiger partial charge in [-0.05, 0) is 96.1 Å². The summed E-state index contributed by atoms with van der Waals surface area (Å²) in [5.74, 6) is 2.22. The Balaban J connectivity index is 1.52. The first-order valence-corrected chi connectivity index (χ1v) is 10.2. The lowest BCUT2D eigenvalue weighted by atomic mass is 10.2. The number of aromatic nitrogens is 3. The number of rotatable bonds is 7. The average molecular weight is 444 g/mol. The van der Waals surface area contributed by atoms with Gasteiger partial charge in [-0.1, -0.05) is 0 Å². The molecule has 0 aliphatic carbocycles. The molecule has 8 heteroatoms. The number of benzene rings is 3. The van der Waals surface area contributed by atoms with Gasteiger partial charge in [0, 0.05) is 11.8 Å². The number of H-pyrrole nitrogens is 1. The second kappa shape index (κ2) is 9.84. The quantitative estimate of drug-likeness (QED) is 0.312. The monoisotopic (exact) mass is 443 g/mol. The van der Waals surface area contributed by atoms with Crippen molar-refractivity contribution in [2.75, 3.05) is 14.2 Å². The van der Waals surface area contributed by atoms with Gasteiger partial charge in [0.25, 0.3) is 0 Å². The van der Waals surface area contributed by atoms with E-state index in [9.17, 15) is 0 Å². The summed E-state index contributed by atoms with van der Waals surface area (Å²) >= 11 is 5.35. The minimum atomic E-state index is 0.409. The Bertz CT molecular complexity index is 1290. The largest absolute Gasteiger partial charge is 0.497 e. The molecule has 1 N–H and O–H groups in total. The number of aliphatic imine (C=N–C) groups is 1. The predicted octanol–water partition coefficient (Wildman–Crippen LogP) is 5.26. The molecule has 7 nitrogen and oxygen atoms in total. The minimum Gasteiger partial charge on any atom is -0.497 e. The van der Waals surface area contributed by atoms with Crippen LogP contribution in [0, 0.1) is 4.77 Å². The minimum absolute atomic E-state index is 0.409. The molecule has 0 unspecified atom stereocenters. The average Bonchev–Trinajstić information content (AvgIpc) is 3.22. The zero-order chi connectivity index (χ0) is 22.3. The van der Waals surface area contributed by atoms with Crippen molar-refractivity contribution in [3.8, 4) is 22.9 Å². The molecule has 0 aliphatic rings. The van der Waals surface area contributed by atoms with Crippen molar-refractivity contribution in [1.82, 2.24) is 14.9 Å². The number of aromatic amines is 1. The molecule has 32 heavy (non-hydrogen) atoms. The third-order valence-electron chi connectivity index (χ3n) is 4.69. The van der Waals surface area contributed by atoms with Crippen molar-refractivity contribution in [3.05, 3.63) is 88.7 Å². The molecule has 0 aliphatic heterocycles. The van der Waals surface area contributed by atoms with Gasteiger partial charge in [-0.15, -0.1) is 0 Å². The van der Waals surface area contributed by atoms with Crippen LogP contribution in [-0.4, -0.2) is 41.5 Å². The molecule has 0 spiro atoms. The van der Waals surface area contributed by atoms with Gasteiger partial charge < -0.3 is 9.47 Å². The normalized spacial score (nSPS) is 11.3. The zero-order valence-corrected chi connectivity index (χ0v) is 18.4. The number of methoxy groups -OCH3 is 2. The van der Waals surface area contributed by atoms with Crippen LogP contribution in [-0.2, 0) is 0 Å². The molecular weight excluding hydrogens is 422 g/mol. The van der Waals surface area contributed by atoms with E-state index in [0.717, 1.165) is 33.9 Å². The van der Waals surface area contributed by atoms with Crippen LogP contribution in [0.25, 0.3) is 11.4 Å². The van der Waals surface area contributed by atoms with Crippen LogP contribution in [0.1, 0.15) is 11.1 Å². The van der Waals surface area contributed by atoms with E-state index in [-0.39, 0.29) is 0 Å². The van der Waals surface area contributed by atoms with Crippen LogP contribution in [0.15, 0.2) is 82.9 Å². The molecule has 4 rings (SSSR count). The molecule has 0 amide bonds. The van der Waals surface area contributed by atoms with Crippen LogP contribution in [0.5, 0.6) is 11.5 Å². The zero-order valence-electron chi connectivity index (χ0n) is 17.6. The second-order valence-corrected chi connectivity index (χ2v) is 7.15. The van der Waals surface area contributed by atoms with Crippen LogP contribution in [0.2, 0.25) is 0 Å². The highest BCUT2D eigenvalue weighted by atomic mass is 32.1. The molecule has 160 valence electrons. The predicted molar refractivity (Wildman–Crippen MR) is 129 cm³/mol. The highest BCUT2D eigenvalue weighted by molar-refractivity contribution is 7.71. The van der Waals surface area contributed by atoms with Crippen molar-refractivity contribution < 1.29 is 9.47 Å². The maximum absolute atomic E-state index is 5.35. The van der Waals surface area contributed by atoms with E-state index in [1.165, 1.54) is 0 Å². The first-order chi connectivity index (χ1) is 15.7. The number of hydrogen-bond donors (Lipinski definition) is 1. The van der Waals surface area contributed by atoms with Crippen LogP contribution in [0.3, 0.4) is 0 Å². The van der Waals surface area contributed by atoms with Gasteiger partial charge in [0.15, 0.2) is 5.82 Å². The number of nitrogens with one attached hydrogen (secondary N) is 1. The standard InChI is InChI=1S/C24H21N5O2S/c1-30-21-11-3-17(4-12-21)15-25-20-9-7-19(8-10-20)23-27-28-24(32)29(23)26-16-18-5-13-22(31-2)14-6-18/h3-16H,1-2H3,(H,28,32)/b25-15?,26-16+. The number of nitrogens with zero attached hydrogens (tertiary/aromatic N) is 4. The molecule has 0 saturated carbocycles. The molecule has 3 aromatic carbocycles. The highest BCUT2D eigenvalue weighted by Crippen LogP contribution is 2.22. The summed E-state index contributed by atoms with van der Waals surface area (Å²) in [5.41, 5.74) is 3.60. The number of hydrogen-bond acceptors (Lipinski definition) is 6. The van der Waals surface area contributed by atoms with Crippen molar-refractivity contribution in [2.45, 2.75) is 0 Å². The molecule has 0 saturated heterocycles.